The minimum atomic E-state index is -0.986. The fourth-order valence-electron chi connectivity index (χ4n) is 1.15. The fourth-order valence-corrected chi connectivity index (χ4v) is 1.15. The van der Waals surface area contributed by atoms with Crippen molar-refractivity contribution in [2.75, 3.05) is 13.7 Å². The van der Waals surface area contributed by atoms with Gasteiger partial charge in [0.05, 0.1) is 7.11 Å². The first-order chi connectivity index (χ1) is 6.27. The molecule has 1 rings (SSSR count). The second-order valence-electron chi connectivity index (χ2n) is 2.82. The van der Waals surface area contributed by atoms with E-state index in [1.807, 2.05) is 0 Å². The van der Waals surface area contributed by atoms with Crippen LogP contribution >= 0.6 is 0 Å². The molecule has 0 aliphatic rings. The topological polar surface area (TPSA) is 35.2 Å². The molecule has 1 unspecified atom stereocenters. The van der Waals surface area contributed by atoms with Gasteiger partial charge in [-0.3, -0.25) is 0 Å². The first-order valence-corrected chi connectivity index (χ1v) is 4.26. The van der Waals surface area contributed by atoms with E-state index in [1.165, 1.54) is 0 Å². The molecule has 1 aromatic carbocycles. The molecule has 0 radical (unpaired) electrons. The third-order valence-electron chi connectivity index (χ3n) is 1.88. The van der Waals surface area contributed by atoms with Crippen LogP contribution in [-0.4, -0.2) is 13.7 Å². The standard InChI is InChI=1S/C10H14FNO/c1-13-9-4-2-3-8(7-9)10(11)5-6-12/h2-4,7,10H,5-6,12H2,1H3. The third-order valence-corrected chi connectivity index (χ3v) is 1.88. The maximum atomic E-state index is 13.3. The van der Waals surface area contributed by atoms with E-state index < -0.39 is 6.17 Å². The summed E-state index contributed by atoms with van der Waals surface area (Å²) in [7, 11) is 1.56. The second kappa shape index (κ2) is 4.82. The summed E-state index contributed by atoms with van der Waals surface area (Å²) in [6.07, 6.45) is -0.632. The molecule has 0 aliphatic heterocycles. The maximum absolute atomic E-state index is 13.3. The Bertz CT molecular complexity index is 265. The molecule has 0 aliphatic carbocycles. The molecule has 72 valence electrons. The average molecular weight is 183 g/mol. The van der Waals surface area contributed by atoms with Crippen molar-refractivity contribution < 1.29 is 9.13 Å². The molecule has 0 aromatic heterocycles. The number of rotatable bonds is 4. The van der Waals surface area contributed by atoms with Gasteiger partial charge in [0.25, 0.3) is 0 Å². The molecule has 0 saturated heterocycles. The highest BCUT2D eigenvalue weighted by Crippen LogP contribution is 2.23. The van der Waals surface area contributed by atoms with E-state index in [1.54, 1.807) is 31.4 Å². The Kier molecular flexibility index (Phi) is 3.71. The molecule has 2 N–H and O–H groups in total. The highest BCUT2D eigenvalue weighted by Gasteiger charge is 2.08. The number of hydrogen-bond acceptors (Lipinski definition) is 2. The largest absolute Gasteiger partial charge is 0.497 e. The summed E-state index contributed by atoms with van der Waals surface area (Å²) in [5, 5.41) is 0. The zero-order chi connectivity index (χ0) is 9.68. The minimum absolute atomic E-state index is 0.354. The molecule has 1 aromatic rings. The van der Waals surface area contributed by atoms with Crippen molar-refractivity contribution in [2.45, 2.75) is 12.6 Å². The summed E-state index contributed by atoms with van der Waals surface area (Å²) in [5.41, 5.74) is 5.90. The average Bonchev–Trinajstić information content (AvgIpc) is 2.18. The van der Waals surface area contributed by atoms with Gasteiger partial charge in [0.15, 0.2) is 0 Å². The van der Waals surface area contributed by atoms with Gasteiger partial charge in [0.2, 0.25) is 0 Å². The Morgan fingerprint density at radius 3 is 2.92 bits per heavy atom. The second-order valence-corrected chi connectivity index (χ2v) is 2.82. The highest BCUT2D eigenvalue weighted by atomic mass is 19.1. The summed E-state index contributed by atoms with van der Waals surface area (Å²) >= 11 is 0. The van der Waals surface area contributed by atoms with Gasteiger partial charge >= 0.3 is 0 Å². The van der Waals surface area contributed by atoms with E-state index in [2.05, 4.69) is 0 Å². The van der Waals surface area contributed by atoms with Crippen LogP contribution in [0.25, 0.3) is 0 Å². The van der Waals surface area contributed by atoms with Crippen LogP contribution in [0.4, 0.5) is 4.39 Å². The van der Waals surface area contributed by atoms with E-state index in [4.69, 9.17) is 10.5 Å². The van der Waals surface area contributed by atoms with E-state index in [-0.39, 0.29) is 0 Å². The lowest BCUT2D eigenvalue weighted by molar-refractivity contribution is 0.325. The number of ether oxygens (including phenoxy) is 1. The SMILES string of the molecule is COc1cccc(C(F)CCN)c1. The van der Waals surface area contributed by atoms with Crippen LogP contribution in [-0.2, 0) is 0 Å². The van der Waals surface area contributed by atoms with Crippen LogP contribution in [0.1, 0.15) is 18.2 Å². The highest BCUT2D eigenvalue weighted by molar-refractivity contribution is 5.29. The van der Waals surface area contributed by atoms with Crippen molar-refractivity contribution in [1.29, 1.82) is 0 Å². The quantitative estimate of drug-likeness (QED) is 0.775. The van der Waals surface area contributed by atoms with Crippen molar-refractivity contribution >= 4 is 0 Å². The van der Waals surface area contributed by atoms with Crippen molar-refractivity contribution in [2.24, 2.45) is 5.73 Å². The van der Waals surface area contributed by atoms with Gasteiger partial charge in [-0.1, -0.05) is 12.1 Å². The van der Waals surface area contributed by atoms with Crippen LogP contribution in [0.15, 0.2) is 24.3 Å². The Balaban J connectivity index is 2.75. The smallest absolute Gasteiger partial charge is 0.126 e. The summed E-state index contributed by atoms with van der Waals surface area (Å²) in [6.45, 7) is 0.360. The van der Waals surface area contributed by atoms with E-state index in [0.29, 0.717) is 24.3 Å². The molecule has 0 heterocycles. The van der Waals surface area contributed by atoms with Crippen LogP contribution in [0, 0.1) is 0 Å². The van der Waals surface area contributed by atoms with Crippen molar-refractivity contribution in [3.63, 3.8) is 0 Å². The van der Waals surface area contributed by atoms with Crippen LogP contribution in [0.3, 0.4) is 0 Å². The predicted octanol–water partition coefficient (Wildman–Crippen LogP) is 2.05. The number of benzene rings is 1. The summed E-state index contributed by atoms with van der Waals surface area (Å²) < 4.78 is 18.3. The third kappa shape index (κ3) is 2.70. The Hall–Kier alpha value is -1.09. The number of alkyl halides is 1. The molecule has 1 atom stereocenters. The summed E-state index contributed by atoms with van der Waals surface area (Å²) in [6, 6.07) is 7.00. The van der Waals surface area contributed by atoms with Gasteiger partial charge in [-0.2, -0.15) is 0 Å². The molecular formula is C10H14FNO. The molecule has 2 nitrogen and oxygen atoms in total. The maximum Gasteiger partial charge on any atom is 0.126 e. The molecule has 0 saturated carbocycles. The van der Waals surface area contributed by atoms with Gasteiger partial charge in [0, 0.05) is 0 Å². The fraction of sp³-hybridized carbons (Fsp3) is 0.400. The van der Waals surface area contributed by atoms with Crippen LogP contribution in [0.2, 0.25) is 0 Å². The van der Waals surface area contributed by atoms with Crippen molar-refractivity contribution in [3.8, 4) is 5.75 Å². The molecule has 13 heavy (non-hydrogen) atoms. The molecule has 0 amide bonds. The van der Waals surface area contributed by atoms with E-state index in [9.17, 15) is 4.39 Å². The van der Waals surface area contributed by atoms with Crippen molar-refractivity contribution in [3.05, 3.63) is 29.8 Å². The van der Waals surface area contributed by atoms with Gasteiger partial charge in [-0.25, -0.2) is 4.39 Å². The Morgan fingerprint density at radius 1 is 1.54 bits per heavy atom. The Labute approximate surface area is 77.5 Å². The normalized spacial score (nSPS) is 12.5. The first kappa shape index (κ1) is 9.99. The van der Waals surface area contributed by atoms with Crippen LogP contribution < -0.4 is 10.5 Å². The number of hydrogen-bond donors (Lipinski definition) is 1. The van der Waals surface area contributed by atoms with Crippen LogP contribution in [0.5, 0.6) is 5.75 Å². The molecule has 0 spiro atoms. The lowest BCUT2D eigenvalue weighted by Crippen LogP contribution is -2.03. The molecule has 0 fully saturated rings. The number of methoxy groups -OCH3 is 1. The molecule has 3 heteroatoms. The summed E-state index contributed by atoms with van der Waals surface area (Å²) in [4.78, 5) is 0. The number of nitrogens with two attached hydrogens (primary N) is 1. The van der Waals surface area contributed by atoms with Gasteiger partial charge in [-0.05, 0) is 30.7 Å². The summed E-state index contributed by atoms with van der Waals surface area (Å²) in [5.74, 6) is 0.678. The van der Waals surface area contributed by atoms with Gasteiger partial charge in [-0.15, -0.1) is 0 Å². The van der Waals surface area contributed by atoms with E-state index >= 15 is 0 Å². The van der Waals surface area contributed by atoms with Gasteiger partial charge < -0.3 is 10.5 Å². The predicted molar refractivity (Wildman–Crippen MR) is 50.5 cm³/mol. The zero-order valence-corrected chi connectivity index (χ0v) is 7.66. The first-order valence-electron chi connectivity index (χ1n) is 4.26. The monoisotopic (exact) mass is 183 g/mol. The van der Waals surface area contributed by atoms with Gasteiger partial charge in [0.1, 0.15) is 11.9 Å². The Morgan fingerprint density at radius 2 is 2.31 bits per heavy atom. The molecule has 0 bridgehead atoms. The zero-order valence-electron chi connectivity index (χ0n) is 7.66. The lowest BCUT2D eigenvalue weighted by atomic mass is 10.1. The molecular weight excluding hydrogens is 169 g/mol. The lowest BCUT2D eigenvalue weighted by Gasteiger charge is -2.08. The minimum Gasteiger partial charge on any atom is -0.497 e. The number of halogens is 1. The van der Waals surface area contributed by atoms with Crippen molar-refractivity contribution in [1.82, 2.24) is 0 Å². The van der Waals surface area contributed by atoms with E-state index in [0.717, 1.165) is 0 Å².